The lowest BCUT2D eigenvalue weighted by Crippen LogP contribution is -2.26. The summed E-state index contributed by atoms with van der Waals surface area (Å²) in [4.78, 5) is 23.7. The van der Waals surface area contributed by atoms with Gasteiger partial charge in [0.05, 0.1) is 23.6 Å². The summed E-state index contributed by atoms with van der Waals surface area (Å²) in [5.41, 5.74) is 0.416. The molecular weight excluding hydrogens is 386 g/mol. The monoisotopic (exact) mass is 423 g/mol. The van der Waals surface area contributed by atoms with E-state index in [0.717, 1.165) is 12.8 Å². The number of rotatable bonds is 17. The number of hydrogen-bond acceptors (Lipinski definition) is 3. The van der Waals surface area contributed by atoms with Gasteiger partial charge in [-0.05, 0) is 18.6 Å². The minimum absolute atomic E-state index is 0.175. The van der Waals surface area contributed by atoms with Crippen LogP contribution >= 0.6 is 11.6 Å². The normalized spacial score (nSPS) is 10.7. The van der Waals surface area contributed by atoms with Crippen LogP contribution in [0.1, 0.15) is 101 Å². The quantitative estimate of drug-likeness (QED) is 0.224. The summed E-state index contributed by atoms with van der Waals surface area (Å²) in [5, 5.41) is 3.10. The molecule has 4 nitrogen and oxygen atoms in total. The first-order valence-electron chi connectivity index (χ1n) is 11.3. The number of esters is 1. The number of nitrogens with one attached hydrogen (secondary N) is 1. The van der Waals surface area contributed by atoms with Crippen LogP contribution in [-0.2, 0) is 9.53 Å². The van der Waals surface area contributed by atoms with E-state index in [1.807, 2.05) is 0 Å². The van der Waals surface area contributed by atoms with E-state index in [1.54, 1.807) is 24.3 Å². The lowest BCUT2D eigenvalue weighted by atomic mass is 10.1. The van der Waals surface area contributed by atoms with Gasteiger partial charge in [-0.1, -0.05) is 101 Å². The number of halogens is 1. The molecule has 0 heterocycles. The summed E-state index contributed by atoms with van der Waals surface area (Å²) >= 11 is 5.98. The Morgan fingerprint density at radius 1 is 0.862 bits per heavy atom. The van der Waals surface area contributed by atoms with Crippen molar-refractivity contribution in [3.8, 4) is 0 Å². The molecule has 0 radical (unpaired) electrons. The number of unbranched alkanes of at least 4 members (excludes halogenated alkanes) is 11. The van der Waals surface area contributed by atoms with E-state index in [9.17, 15) is 9.59 Å². The van der Waals surface area contributed by atoms with E-state index in [-0.39, 0.29) is 24.8 Å². The Morgan fingerprint density at radius 2 is 1.41 bits per heavy atom. The first-order chi connectivity index (χ1) is 14.1. The highest BCUT2D eigenvalue weighted by molar-refractivity contribution is 6.33. The van der Waals surface area contributed by atoms with Crippen LogP contribution in [0.4, 0.5) is 0 Å². The van der Waals surface area contributed by atoms with Crippen LogP contribution in [0.15, 0.2) is 24.3 Å². The molecule has 29 heavy (non-hydrogen) atoms. The Morgan fingerprint density at radius 3 is 2.00 bits per heavy atom. The number of carbonyl (C=O) groups is 2. The zero-order chi connectivity index (χ0) is 21.2. The molecule has 0 spiro atoms. The molecule has 1 aromatic rings. The van der Waals surface area contributed by atoms with Crippen molar-refractivity contribution in [3.63, 3.8) is 0 Å². The summed E-state index contributed by atoms with van der Waals surface area (Å²) in [5.74, 6) is -0.545. The van der Waals surface area contributed by atoms with E-state index in [4.69, 9.17) is 16.3 Å². The summed E-state index contributed by atoms with van der Waals surface area (Å²) in [7, 11) is 0. The summed E-state index contributed by atoms with van der Waals surface area (Å²) in [6.07, 6.45) is 15.6. The van der Waals surface area contributed by atoms with Crippen LogP contribution in [0.2, 0.25) is 5.02 Å². The van der Waals surface area contributed by atoms with Crippen molar-refractivity contribution in [2.75, 3.05) is 13.2 Å². The topological polar surface area (TPSA) is 55.4 Å². The molecule has 0 aromatic heterocycles. The van der Waals surface area contributed by atoms with Gasteiger partial charge >= 0.3 is 5.97 Å². The maximum Gasteiger partial charge on any atom is 0.307 e. The Kier molecular flexibility index (Phi) is 15.2. The van der Waals surface area contributed by atoms with Crippen molar-refractivity contribution in [1.82, 2.24) is 5.32 Å². The fraction of sp³-hybridized carbons (Fsp3) is 0.667. The van der Waals surface area contributed by atoms with Crippen molar-refractivity contribution in [2.24, 2.45) is 0 Å². The lowest BCUT2D eigenvalue weighted by molar-refractivity contribution is -0.143. The van der Waals surface area contributed by atoms with E-state index >= 15 is 0 Å². The van der Waals surface area contributed by atoms with Gasteiger partial charge in [0.15, 0.2) is 0 Å². The van der Waals surface area contributed by atoms with Gasteiger partial charge in [-0.25, -0.2) is 0 Å². The van der Waals surface area contributed by atoms with Crippen LogP contribution in [0.3, 0.4) is 0 Å². The van der Waals surface area contributed by atoms with Crippen molar-refractivity contribution in [1.29, 1.82) is 0 Å². The lowest BCUT2D eigenvalue weighted by Gasteiger charge is -2.07. The van der Waals surface area contributed by atoms with Gasteiger partial charge < -0.3 is 10.1 Å². The Labute approximate surface area is 181 Å². The molecule has 0 fully saturated rings. The molecular formula is C24H38ClNO3. The highest BCUT2D eigenvalue weighted by Gasteiger charge is 2.10. The summed E-state index contributed by atoms with van der Waals surface area (Å²) in [6.45, 7) is 2.97. The predicted octanol–water partition coefficient (Wildman–Crippen LogP) is 6.70. The van der Waals surface area contributed by atoms with Gasteiger partial charge in [-0.15, -0.1) is 0 Å². The minimum Gasteiger partial charge on any atom is -0.466 e. The van der Waals surface area contributed by atoms with Crippen LogP contribution in [0.25, 0.3) is 0 Å². The third-order valence-corrected chi connectivity index (χ3v) is 5.32. The zero-order valence-electron chi connectivity index (χ0n) is 18.0. The van der Waals surface area contributed by atoms with Crippen LogP contribution < -0.4 is 5.32 Å². The second-order valence-corrected chi connectivity index (χ2v) is 8.00. The number of hydrogen-bond donors (Lipinski definition) is 1. The largest absolute Gasteiger partial charge is 0.466 e. The Balaban J connectivity index is 1.89. The van der Waals surface area contributed by atoms with Gasteiger partial charge in [0.2, 0.25) is 0 Å². The number of benzene rings is 1. The number of carbonyl (C=O) groups excluding carboxylic acids is 2. The molecule has 5 heteroatoms. The molecule has 0 aliphatic carbocycles. The Hall–Kier alpha value is -1.55. The molecule has 0 aliphatic rings. The number of ether oxygens (including phenoxy) is 1. The van der Waals surface area contributed by atoms with Crippen molar-refractivity contribution in [2.45, 2.75) is 90.4 Å². The first-order valence-corrected chi connectivity index (χ1v) is 11.7. The molecule has 0 unspecified atom stereocenters. The van der Waals surface area contributed by atoms with Gasteiger partial charge in [0, 0.05) is 6.54 Å². The van der Waals surface area contributed by atoms with E-state index in [0.29, 0.717) is 17.2 Å². The minimum atomic E-state index is -0.274. The molecule has 1 rings (SSSR count). The second-order valence-electron chi connectivity index (χ2n) is 7.60. The van der Waals surface area contributed by atoms with Gasteiger partial charge in [0.25, 0.3) is 5.91 Å². The maximum atomic E-state index is 12.0. The number of amides is 1. The van der Waals surface area contributed by atoms with Gasteiger partial charge in [0.1, 0.15) is 0 Å². The average Bonchev–Trinajstić information content (AvgIpc) is 2.71. The van der Waals surface area contributed by atoms with Crippen molar-refractivity contribution < 1.29 is 14.3 Å². The van der Waals surface area contributed by atoms with Gasteiger partial charge in [-0.3, -0.25) is 9.59 Å². The highest BCUT2D eigenvalue weighted by atomic mass is 35.5. The molecule has 0 atom stereocenters. The molecule has 0 bridgehead atoms. The SMILES string of the molecule is CCCCCCCCCCCCCCOC(=O)CCNC(=O)c1ccccc1Cl. The average molecular weight is 424 g/mol. The van der Waals surface area contributed by atoms with Crippen molar-refractivity contribution in [3.05, 3.63) is 34.9 Å². The zero-order valence-corrected chi connectivity index (χ0v) is 18.8. The highest BCUT2D eigenvalue weighted by Crippen LogP contribution is 2.14. The Bertz CT molecular complexity index is 577. The second kappa shape index (κ2) is 17.3. The summed E-state index contributed by atoms with van der Waals surface area (Å²) < 4.78 is 5.23. The third kappa shape index (κ3) is 13.3. The van der Waals surface area contributed by atoms with E-state index in [1.165, 1.54) is 64.2 Å². The van der Waals surface area contributed by atoms with E-state index < -0.39 is 0 Å². The molecule has 1 amide bonds. The van der Waals surface area contributed by atoms with Crippen LogP contribution in [0.5, 0.6) is 0 Å². The third-order valence-electron chi connectivity index (χ3n) is 4.99. The molecule has 1 aromatic carbocycles. The molecule has 164 valence electrons. The van der Waals surface area contributed by atoms with Crippen molar-refractivity contribution >= 4 is 23.5 Å². The fourth-order valence-electron chi connectivity index (χ4n) is 3.22. The van der Waals surface area contributed by atoms with Gasteiger partial charge in [-0.2, -0.15) is 0 Å². The van der Waals surface area contributed by atoms with Crippen LogP contribution in [-0.4, -0.2) is 25.0 Å². The standard InChI is InChI=1S/C24H38ClNO3/c1-2-3-4-5-6-7-8-9-10-11-12-15-20-29-23(27)18-19-26-24(28)21-16-13-14-17-22(21)25/h13-14,16-17H,2-12,15,18-20H2,1H3,(H,26,28). The molecule has 1 N–H and O–H groups in total. The first kappa shape index (κ1) is 25.5. The molecule has 0 saturated heterocycles. The molecule has 0 saturated carbocycles. The predicted molar refractivity (Wildman–Crippen MR) is 120 cm³/mol. The molecule has 0 aliphatic heterocycles. The fourth-order valence-corrected chi connectivity index (χ4v) is 3.44. The van der Waals surface area contributed by atoms with Crippen LogP contribution in [0, 0.1) is 0 Å². The summed E-state index contributed by atoms with van der Waals surface area (Å²) in [6, 6.07) is 6.85. The van der Waals surface area contributed by atoms with E-state index in [2.05, 4.69) is 12.2 Å². The smallest absolute Gasteiger partial charge is 0.307 e. The maximum absolute atomic E-state index is 12.0.